The number of para-hydroxylation sites is 2. The number of fused-ring (bicyclic) bond motifs is 2. The van der Waals surface area contributed by atoms with Crippen LogP contribution >= 0.6 is 23.1 Å². The van der Waals surface area contributed by atoms with E-state index in [2.05, 4.69) is 108 Å². The van der Waals surface area contributed by atoms with Gasteiger partial charge in [0.05, 0.1) is 17.8 Å². The summed E-state index contributed by atoms with van der Waals surface area (Å²) in [4.78, 5) is 3.70. The normalized spacial score (nSPS) is 14.9. The van der Waals surface area contributed by atoms with Crippen LogP contribution in [0.4, 0.5) is 5.69 Å². The van der Waals surface area contributed by atoms with Crippen LogP contribution in [0, 0.1) is 0 Å². The van der Waals surface area contributed by atoms with E-state index in [0.29, 0.717) is 0 Å². The van der Waals surface area contributed by atoms with Gasteiger partial charge < -0.3 is 9.64 Å². The van der Waals surface area contributed by atoms with E-state index in [-0.39, 0.29) is 0 Å². The topological polar surface area (TPSA) is 16.4 Å². The maximum Gasteiger partial charge on any atom is 0.263 e. The van der Waals surface area contributed by atoms with E-state index >= 15 is 0 Å². The summed E-state index contributed by atoms with van der Waals surface area (Å²) < 4.78 is 9.12. The maximum absolute atomic E-state index is 5.42. The highest BCUT2D eigenvalue weighted by atomic mass is 32.2. The molecular formula is C30H29N2OS2+. The van der Waals surface area contributed by atoms with Gasteiger partial charge in [0.15, 0.2) is 0 Å². The first kappa shape index (κ1) is 23.5. The van der Waals surface area contributed by atoms with Crippen molar-refractivity contribution in [1.29, 1.82) is 0 Å². The molecule has 3 aromatic carbocycles. The quantitative estimate of drug-likeness (QED) is 0.192. The van der Waals surface area contributed by atoms with E-state index in [1.54, 1.807) is 7.11 Å². The third-order valence-electron chi connectivity index (χ3n) is 6.05. The Hall–Kier alpha value is -3.28. The number of methoxy groups -OCH3 is 1. The van der Waals surface area contributed by atoms with Crippen LogP contribution in [0.25, 0.3) is 22.4 Å². The Bertz CT molecular complexity index is 1450. The van der Waals surface area contributed by atoms with Crippen molar-refractivity contribution in [3.8, 4) is 5.75 Å². The molecule has 0 bridgehead atoms. The molecule has 5 rings (SSSR count). The summed E-state index contributed by atoms with van der Waals surface area (Å²) in [5, 5.41) is 2.50. The lowest BCUT2D eigenvalue weighted by molar-refractivity contribution is -0.665. The molecule has 176 valence electrons. The molecule has 5 heteroatoms. The van der Waals surface area contributed by atoms with Gasteiger partial charge in [-0.25, -0.2) is 0 Å². The molecule has 0 saturated carbocycles. The van der Waals surface area contributed by atoms with Gasteiger partial charge in [-0.2, -0.15) is 4.57 Å². The second kappa shape index (κ2) is 10.5. The smallest absolute Gasteiger partial charge is 0.263 e. The van der Waals surface area contributed by atoms with Crippen LogP contribution in [-0.2, 0) is 6.54 Å². The van der Waals surface area contributed by atoms with Crippen molar-refractivity contribution >= 4 is 51.2 Å². The first-order valence-electron chi connectivity index (χ1n) is 11.9. The molecule has 0 spiro atoms. The van der Waals surface area contributed by atoms with Gasteiger partial charge in [0, 0.05) is 23.6 Å². The highest BCUT2D eigenvalue weighted by Crippen LogP contribution is 2.46. The van der Waals surface area contributed by atoms with Gasteiger partial charge in [-0.05, 0) is 61.4 Å². The number of nitrogens with zero attached hydrogens (tertiary/aromatic N) is 2. The molecule has 0 aliphatic carbocycles. The lowest BCUT2D eigenvalue weighted by atomic mass is 10.1. The number of anilines is 1. The van der Waals surface area contributed by atoms with Crippen molar-refractivity contribution < 1.29 is 9.30 Å². The molecule has 0 saturated heterocycles. The zero-order valence-corrected chi connectivity index (χ0v) is 21.9. The molecule has 0 fully saturated rings. The van der Waals surface area contributed by atoms with Crippen molar-refractivity contribution in [3.05, 3.63) is 106 Å². The largest absolute Gasteiger partial charge is 0.497 e. The Morgan fingerprint density at radius 1 is 1.00 bits per heavy atom. The van der Waals surface area contributed by atoms with Crippen molar-refractivity contribution in [1.82, 2.24) is 0 Å². The zero-order chi connectivity index (χ0) is 24.2. The number of thiazole rings is 1. The number of allylic oxidation sites excluding steroid dienone is 3. The van der Waals surface area contributed by atoms with Crippen LogP contribution in [0.2, 0.25) is 0 Å². The summed E-state index contributed by atoms with van der Waals surface area (Å²) in [7, 11) is 1.71. The summed E-state index contributed by atoms with van der Waals surface area (Å²) >= 11 is 3.68. The first-order chi connectivity index (χ1) is 17.2. The van der Waals surface area contributed by atoms with Gasteiger partial charge in [0.25, 0.3) is 5.01 Å². The highest BCUT2D eigenvalue weighted by molar-refractivity contribution is 8.03. The number of aromatic nitrogens is 1. The lowest BCUT2D eigenvalue weighted by Gasteiger charge is -2.18. The van der Waals surface area contributed by atoms with Crippen LogP contribution < -0.4 is 14.2 Å². The Morgan fingerprint density at radius 3 is 2.66 bits per heavy atom. The third kappa shape index (κ3) is 4.93. The monoisotopic (exact) mass is 497 g/mol. The van der Waals surface area contributed by atoms with E-state index in [1.807, 2.05) is 35.2 Å². The molecule has 1 aliphatic rings. The predicted molar refractivity (Wildman–Crippen MR) is 151 cm³/mol. The van der Waals surface area contributed by atoms with E-state index in [0.717, 1.165) is 30.0 Å². The second-order valence-corrected chi connectivity index (χ2v) is 10.3. The fourth-order valence-corrected chi connectivity index (χ4v) is 6.71. The van der Waals surface area contributed by atoms with Crippen LogP contribution in [0.3, 0.4) is 0 Å². The second-order valence-electron chi connectivity index (χ2n) is 8.20. The first-order valence-corrected chi connectivity index (χ1v) is 13.5. The van der Waals surface area contributed by atoms with Gasteiger partial charge in [0.1, 0.15) is 17.0 Å². The highest BCUT2D eigenvalue weighted by Gasteiger charge is 2.24. The van der Waals surface area contributed by atoms with Crippen molar-refractivity contribution in [2.75, 3.05) is 18.6 Å². The Labute approximate surface area is 215 Å². The molecule has 3 nitrogen and oxygen atoms in total. The number of ether oxygens (including phenoxy) is 1. The van der Waals surface area contributed by atoms with Crippen LogP contribution in [0.1, 0.15) is 24.4 Å². The lowest BCUT2D eigenvalue weighted by Crippen LogP contribution is -2.33. The Morgan fingerprint density at radius 2 is 1.83 bits per heavy atom. The summed E-state index contributed by atoms with van der Waals surface area (Å²) in [5.41, 5.74) is 4.85. The summed E-state index contributed by atoms with van der Waals surface area (Å²) in [5.74, 6) is 0.864. The maximum atomic E-state index is 5.42. The van der Waals surface area contributed by atoms with Gasteiger partial charge in [0.2, 0.25) is 5.52 Å². The fraction of sp³-hybridized carbons (Fsp3) is 0.167. The van der Waals surface area contributed by atoms with Gasteiger partial charge in [-0.3, -0.25) is 0 Å². The number of thioether (sulfide) groups is 1. The summed E-state index contributed by atoms with van der Waals surface area (Å²) in [6, 6.07) is 25.5. The Kier molecular flexibility index (Phi) is 7.07. The van der Waals surface area contributed by atoms with E-state index < -0.39 is 0 Å². The van der Waals surface area contributed by atoms with Crippen LogP contribution in [0.15, 0.2) is 100 Å². The van der Waals surface area contributed by atoms with Crippen molar-refractivity contribution in [2.24, 2.45) is 0 Å². The molecule has 4 aromatic rings. The summed E-state index contributed by atoms with van der Waals surface area (Å²) in [6.07, 6.45) is 9.01. The minimum absolute atomic E-state index is 0.864. The van der Waals surface area contributed by atoms with Gasteiger partial charge in [-0.15, -0.1) is 0 Å². The molecule has 0 N–H and O–H groups in total. The molecule has 1 aromatic heterocycles. The zero-order valence-electron chi connectivity index (χ0n) is 20.3. The van der Waals surface area contributed by atoms with Gasteiger partial charge in [-0.1, -0.05) is 71.6 Å². The van der Waals surface area contributed by atoms with Gasteiger partial charge >= 0.3 is 0 Å². The van der Waals surface area contributed by atoms with Crippen molar-refractivity contribution in [2.45, 2.75) is 25.3 Å². The SMILES string of the molecule is CCN1/C(=C/C(=C\c2sc3ccccc3[n+]2CC)/C=C/c2cccc(OC)c2)Sc2ccccc21. The fourth-order valence-electron chi connectivity index (χ4n) is 4.33. The molecule has 0 unspecified atom stereocenters. The van der Waals surface area contributed by atoms with Crippen molar-refractivity contribution in [3.63, 3.8) is 0 Å². The molecule has 1 aliphatic heterocycles. The van der Waals surface area contributed by atoms with E-state index in [9.17, 15) is 0 Å². The molecule has 0 amide bonds. The minimum atomic E-state index is 0.864. The third-order valence-corrected chi connectivity index (χ3v) is 8.27. The number of aryl methyl sites for hydroxylation is 1. The standard InChI is InChI=1S/C30H29N2OS2/c1-4-31-25-13-6-8-15-27(25)34-29(31)20-23(18-17-22-11-10-12-24(19-22)33-3)21-30-32(5-2)26-14-7-9-16-28(26)35-30/h6-21H,4-5H2,1-3H3/q+1/b18-17+. The molecule has 0 atom stereocenters. The molecule has 2 heterocycles. The number of hydrogen-bond acceptors (Lipinski definition) is 4. The number of hydrogen-bond donors (Lipinski definition) is 0. The molecular weight excluding hydrogens is 468 g/mol. The minimum Gasteiger partial charge on any atom is -0.497 e. The predicted octanol–water partition coefficient (Wildman–Crippen LogP) is 7.79. The number of benzene rings is 3. The average molecular weight is 498 g/mol. The summed E-state index contributed by atoms with van der Waals surface area (Å²) in [6.45, 7) is 6.28. The number of rotatable bonds is 7. The Balaban J connectivity index is 1.60. The van der Waals surface area contributed by atoms with E-state index in [4.69, 9.17) is 4.74 Å². The van der Waals surface area contributed by atoms with Crippen LogP contribution in [-0.4, -0.2) is 13.7 Å². The molecule has 0 radical (unpaired) electrons. The molecule has 35 heavy (non-hydrogen) atoms. The van der Waals surface area contributed by atoms with E-state index in [1.165, 1.54) is 30.8 Å². The average Bonchev–Trinajstić information content (AvgIpc) is 3.43. The van der Waals surface area contributed by atoms with Crippen LogP contribution in [0.5, 0.6) is 5.75 Å².